The first-order valence-corrected chi connectivity index (χ1v) is 12.5. The van der Waals surface area contributed by atoms with E-state index in [4.69, 9.17) is 9.72 Å². The van der Waals surface area contributed by atoms with E-state index in [2.05, 4.69) is 18.7 Å². The lowest BCUT2D eigenvalue weighted by molar-refractivity contribution is -0.140. The molecule has 0 spiro atoms. The Morgan fingerprint density at radius 1 is 1.12 bits per heavy atom. The summed E-state index contributed by atoms with van der Waals surface area (Å²) in [6, 6.07) is 19.9. The molecule has 7 heteroatoms. The lowest BCUT2D eigenvalue weighted by Gasteiger charge is -2.11. The predicted molar refractivity (Wildman–Crippen MR) is 136 cm³/mol. The van der Waals surface area contributed by atoms with Crippen molar-refractivity contribution in [3.63, 3.8) is 0 Å². The van der Waals surface area contributed by atoms with E-state index >= 15 is 0 Å². The quantitative estimate of drug-likeness (QED) is 0.0983. The Labute approximate surface area is 200 Å². The molecule has 168 valence electrons. The lowest BCUT2D eigenvalue weighted by atomic mass is 10.1. The standard InChI is InChI=1S/C26H24N2O3S2/c1-2-15-28-25(30)23-21(20-13-7-4-8-14-20)17-32-24(23)27-26(28)33-18-22(29)31-16-9-12-19-10-5-3-6-11-19/h2-8,10-11,13-14,17H,1,9,12,15-16,18H2. The van der Waals surface area contributed by atoms with E-state index in [0.29, 0.717) is 28.5 Å². The maximum absolute atomic E-state index is 13.3. The van der Waals surface area contributed by atoms with Gasteiger partial charge in [-0.1, -0.05) is 78.5 Å². The highest BCUT2D eigenvalue weighted by atomic mass is 32.2. The van der Waals surface area contributed by atoms with Gasteiger partial charge in [-0.2, -0.15) is 0 Å². The van der Waals surface area contributed by atoms with Crippen LogP contribution < -0.4 is 5.56 Å². The van der Waals surface area contributed by atoms with Crippen molar-refractivity contribution in [3.05, 3.63) is 94.6 Å². The third-order valence-electron chi connectivity index (χ3n) is 5.09. The van der Waals surface area contributed by atoms with Crippen molar-refractivity contribution in [2.24, 2.45) is 0 Å². The Bertz CT molecular complexity index is 1300. The highest BCUT2D eigenvalue weighted by Crippen LogP contribution is 2.32. The van der Waals surface area contributed by atoms with Crippen LogP contribution in [0.5, 0.6) is 0 Å². The van der Waals surface area contributed by atoms with Crippen molar-refractivity contribution >= 4 is 39.3 Å². The molecule has 0 saturated carbocycles. The molecule has 4 aromatic rings. The largest absolute Gasteiger partial charge is 0.465 e. The topological polar surface area (TPSA) is 61.2 Å². The second-order valence-electron chi connectivity index (χ2n) is 7.39. The van der Waals surface area contributed by atoms with E-state index in [1.54, 1.807) is 10.6 Å². The maximum atomic E-state index is 13.3. The van der Waals surface area contributed by atoms with E-state index < -0.39 is 0 Å². The molecule has 0 N–H and O–H groups in total. The molecule has 0 bridgehead atoms. The van der Waals surface area contributed by atoms with Crippen molar-refractivity contribution in [1.29, 1.82) is 0 Å². The molecule has 0 unspecified atom stereocenters. The number of nitrogens with zero attached hydrogens (tertiary/aromatic N) is 2. The summed E-state index contributed by atoms with van der Waals surface area (Å²) >= 11 is 2.65. The normalized spacial score (nSPS) is 10.9. The third kappa shape index (κ3) is 5.61. The molecule has 5 nitrogen and oxygen atoms in total. The Morgan fingerprint density at radius 2 is 1.85 bits per heavy atom. The van der Waals surface area contributed by atoms with E-state index in [-0.39, 0.29) is 17.3 Å². The van der Waals surface area contributed by atoms with Gasteiger partial charge >= 0.3 is 5.97 Å². The minimum Gasteiger partial charge on any atom is -0.465 e. The molecular formula is C26H24N2O3S2. The van der Waals surface area contributed by atoms with Gasteiger partial charge in [-0.25, -0.2) is 4.98 Å². The molecule has 33 heavy (non-hydrogen) atoms. The molecule has 0 amide bonds. The predicted octanol–water partition coefficient (Wildman–Crippen LogP) is 5.58. The second kappa shape index (κ2) is 11.1. The molecule has 0 aliphatic carbocycles. The summed E-state index contributed by atoms with van der Waals surface area (Å²) in [5, 5.41) is 3.05. The monoisotopic (exact) mass is 476 g/mol. The fourth-order valence-electron chi connectivity index (χ4n) is 3.51. The van der Waals surface area contributed by atoms with Crippen LogP contribution in [0, 0.1) is 0 Å². The molecule has 0 radical (unpaired) electrons. The Hall–Kier alpha value is -3.16. The molecule has 0 fully saturated rings. The summed E-state index contributed by atoms with van der Waals surface area (Å²) in [5.41, 5.74) is 2.95. The van der Waals surface area contributed by atoms with Crippen molar-refractivity contribution in [2.45, 2.75) is 24.5 Å². The van der Waals surface area contributed by atoms with Crippen LogP contribution in [0.15, 0.2) is 88.6 Å². The highest BCUT2D eigenvalue weighted by Gasteiger charge is 2.18. The zero-order valence-corrected chi connectivity index (χ0v) is 19.7. The Morgan fingerprint density at radius 3 is 2.58 bits per heavy atom. The van der Waals surface area contributed by atoms with Crippen LogP contribution in [0.25, 0.3) is 21.3 Å². The number of thioether (sulfide) groups is 1. The smallest absolute Gasteiger partial charge is 0.316 e. The number of esters is 1. The number of allylic oxidation sites excluding steroid dienone is 1. The van der Waals surface area contributed by atoms with E-state index in [0.717, 1.165) is 24.0 Å². The minimum atomic E-state index is -0.316. The molecule has 0 aliphatic heterocycles. The second-order valence-corrected chi connectivity index (χ2v) is 9.19. The van der Waals surface area contributed by atoms with Crippen LogP contribution in [-0.4, -0.2) is 27.9 Å². The number of carbonyl (C=O) groups is 1. The fourth-order valence-corrected chi connectivity index (χ4v) is 5.30. The summed E-state index contributed by atoms with van der Waals surface area (Å²) in [7, 11) is 0. The number of thiophene rings is 1. The summed E-state index contributed by atoms with van der Waals surface area (Å²) in [4.78, 5) is 31.0. The van der Waals surface area contributed by atoms with Crippen molar-refractivity contribution in [2.75, 3.05) is 12.4 Å². The molecule has 2 aromatic carbocycles. The maximum Gasteiger partial charge on any atom is 0.316 e. The minimum absolute atomic E-state index is 0.0946. The Balaban J connectivity index is 1.45. The number of benzene rings is 2. The summed E-state index contributed by atoms with van der Waals surface area (Å²) in [6.07, 6.45) is 3.29. The van der Waals surface area contributed by atoms with Gasteiger partial charge in [0.15, 0.2) is 5.16 Å². The van der Waals surface area contributed by atoms with E-state index in [1.807, 2.05) is 53.9 Å². The van der Waals surface area contributed by atoms with Gasteiger partial charge in [0, 0.05) is 17.5 Å². The van der Waals surface area contributed by atoms with Gasteiger partial charge in [-0.15, -0.1) is 17.9 Å². The number of fused-ring (bicyclic) bond motifs is 1. The lowest BCUT2D eigenvalue weighted by Crippen LogP contribution is -2.23. The molecule has 4 rings (SSSR count). The van der Waals surface area contributed by atoms with Gasteiger partial charge in [0.25, 0.3) is 5.56 Å². The van der Waals surface area contributed by atoms with Crippen LogP contribution >= 0.6 is 23.1 Å². The van der Waals surface area contributed by atoms with Crippen molar-refractivity contribution in [3.8, 4) is 11.1 Å². The molecule has 0 atom stereocenters. The van der Waals surface area contributed by atoms with Gasteiger partial charge in [-0.3, -0.25) is 14.2 Å². The van der Waals surface area contributed by atoms with Gasteiger partial charge in [0.2, 0.25) is 0 Å². The molecular weight excluding hydrogens is 452 g/mol. The fraction of sp³-hybridized carbons (Fsp3) is 0.192. The first-order chi connectivity index (χ1) is 16.2. The van der Waals surface area contributed by atoms with Gasteiger partial charge in [-0.05, 0) is 24.0 Å². The third-order valence-corrected chi connectivity index (χ3v) is 6.91. The average Bonchev–Trinajstić information content (AvgIpc) is 3.28. The number of aromatic nitrogens is 2. The van der Waals surface area contributed by atoms with Crippen LogP contribution in [0.1, 0.15) is 12.0 Å². The number of aryl methyl sites for hydroxylation is 1. The number of carbonyl (C=O) groups excluding carboxylic acids is 1. The number of hydrogen-bond acceptors (Lipinski definition) is 6. The molecule has 0 aliphatic rings. The van der Waals surface area contributed by atoms with E-state index in [1.165, 1.54) is 28.7 Å². The SMILES string of the molecule is C=CCn1c(SCC(=O)OCCCc2ccccc2)nc2scc(-c3ccccc3)c2c1=O. The average molecular weight is 477 g/mol. The van der Waals surface area contributed by atoms with Crippen LogP contribution in [0.4, 0.5) is 0 Å². The first kappa shape index (κ1) is 23.0. The van der Waals surface area contributed by atoms with Crippen LogP contribution in [0.2, 0.25) is 0 Å². The summed E-state index contributed by atoms with van der Waals surface area (Å²) in [6.45, 7) is 4.46. The number of ether oxygens (including phenoxy) is 1. The first-order valence-electron chi connectivity index (χ1n) is 10.7. The molecule has 0 saturated heterocycles. The number of rotatable bonds is 10. The summed E-state index contributed by atoms with van der Waals surface area (Å²) < 4.78 is 6.94. The van der Waals surface area contributed by atoms with Crippen molar-refractivity contribution in [1.82, 2.24) is 9.55 Å². The molecule has 2 heterocycles. The highest BCUT2D eigenvalue weighted by molar-refractivity contribution is 7.99. The van der Waals surface area contributed by atoms with Gasteiger partial charge < -0.3 is 4.74 Å². The van der Waals surface area contributed by atoms with Crippen LogP contribution in [-0.2, 0) is 22.5 Å². The molecule has 2 aromatic heterocycles. The van der Waals surface area contributed by atoms with Crippen molar-refractivity contribution < 1.29 is 9.53 Å². The van der Waals surface area contributed by atoms with Gasteiger partial charge in [0.1, 0.15) is 4.83 Å². The summed E-state index contributed by atoms with van der Waals surface area (Å²) in [5.74, 6) is -0.221. The van der Waals surface area contributed by atoms with Gasteiger partial charge in [0.05, 0.1) is 17.7 Å². The zero-order chi connectivity index (χ0) is 23.0. The van der Waals surface area contributed by atoms with E-state index in [9.17, 15) is 9.59 Å². The van der Waals surface area contributed by atoms with Crippen LogP contribution in [0.3, 0.4) is 0 Å². The zero-order valence-electron chi connectivity index (χ0n) is 18.1. The Kier molecular flexibility index (Phi) is 7.75. The number of hydrogen-bond donors (Lipinski definition) is 0.